The SMILES string of the molecule is S=P12n3n1n32. The minimum atomic E-state index is -0.806. The molecule has 0 atom stereocenters. The normalized spacial score (nSPS) is 30.4. The highest BCUT2D eigenvalue weighted by Gasteiger charge is 2.82. The van der Waals surface area contributed by atoms with Crippen molar-refractivity contribution in [3.8, 4) is 0 Å². The molecule has 0 fully saturated rings. The second kappa shape index (κ2) is 0.166. The van der Waals surface area contributed by atoms with E-state index in [0.29, 0.717) is 0 Å². The lowest BCUT2D eigenvalue weighted by molar-refractivity contribution is 1.39. The lowest BCUT2D eigenvalue weighted by atomic mass is 13.2. The van der Waals surface area contributed by atoms with Crippen molar-refractivity contribution in [2.75, 3.05) is 0 Å². The smallest absolute Gasteiger partial charge is 0.103 e. The predicted octanol–water partition coefficient (Wildman–Crippen LogP) is -0.113. The van der Waals surface area contributed by atoms with Gasteiger partial charge in [-0.3, -0.25) is 0 Å². The fourth-order valence-electron chi connectivity index (χ4n) is 0.482. The van der Waals surface area contributed by atoms with Crippen LogP contribution >= 0.6 is 6.49 Å². The molecule has 0 aliphatic carbocycles. The van der Waals surface area contributed by atoms with E-state index >= 15 is 0 Å². The highest BCUT2D eigenvalue weighted by Crippen LogP contribution is 2.91. The molecule has 0 amide bonds. The summed E-state index contributed by atoms with van der Waals surface area (Å²) in [7, 11) is 0. The van der Waals surface area contributed by atoms with E-state index in [2.05, 4.69) is 13.7 Å². The molecule has 0 saturated carbocycles. The average molecular weight is 105 g/mol. The van der Waals surface area contributed by atoms with E-state index < -0.39 is 6.49 Å². The van der Waals surface area contributed by atoms with Gasteiger partial charge in [-0.15, -0.1) is 13.7 Å². The first-order valence-electron chi connectivity index (χ1n) is 1.38. The Balaban J connectivity index is 3.22. The van der Waals surface area contributed by atoms with Gasteiger partial charge in [-0.05, 0) is 11.8 Å². The maximum absolute atomic E-state index is 4.94. The van der Waals surface area contributed by atoms with Crippen molar-refractivity contribution >= 4 is 18.3 Å². The van der Waals surface area contributed by atoms with Gasteiger partial charge in [-0.1, -0.05) is 0 Å². The standard InChI is InChI=1S/N3PS/c5-4-1-2(4)3(1)4. The molecule has 3 aliphatic heterocycles. The van der Waals surface area contributed by atoms with E-state index in [1.165, 1.54) is 0 Å². The fourth-order valence-corrected chi connectivity index (χ4v) is 3.53. The summed E-state index contributed by atoms with van der Waals surface area (Å²) in [5, 5.41) is 0. The molecule has 0 bridgehead atoms. The third kappa shape index (κ3) is 0.0350. The van der Waals surface area contributed by atoms with Crippen LogP contribution in [0.3, 0.4) is 0 Å². The molecule has 4 heterocycles. The summed E-state index contributed by atoms with van der Waals surface area (Å²) in [6.45, 7) is -0.806. The van der Waals surface area contributed by atoms with Gasteiger partial charge in [0.15, 0.2) is 0 Å². The van der Waals surface area contributed by atoms with Crippen LogP contribution in [0.25, 0.3) is 0 Å². The number of aromatic nitrogens is 3. The predicted molar refractivity (Wildman–Crippen MR) is 20.9 cm³/mol. The molecule has 5 heavy (non-hydrogen) atoms. The Labute approximate surface area is 32.9 Å². The van der Waals surface area contributed by atoms with E-state index in [1.807, 2.05) is 0 Å². The minimum absolute atomic E-state index is 0.806. The van der Waals surface area contributed by atoms with Crippen LogP contribution in [0.5, 0.6) is 0 Å². The Bertz CT molecular complexity index is 194. The van der Waals surface area contributed by atoms with E-state index in [4.69, 9.17) is 11.8 Å². The van der Waals surface area contributed by atoms with E-state index in [-0.39, 0.29) is 0 Å². The third-order valence-electron chi connectivity index (χ3n) is 1.06. The molecule has 0 saturated heterocycles. The number of rotatable bonds is 0. The molecule has 3 nitrogen and oxygen atoms in total. The number of hydrogen-bond donors (Lipinski definition) is 0. The van der Waals surface area contributed by atoms with Crippen LogP contribution in [-0.4, -0.2) is 13.7 Å². The summed E-state index contributed by atoms with van der Waals surface area (Å²) in [4.78, 5) is 0. The number of hydrogen-bond acceptors (Lipinski definition) is 1. The summed E-state index contributed by atoms with van der Waals surface area (Å²) in [5.74, 6) is 0. The van der Waals surface area contributed by atoms with Gasteiger partial charge >= 0.3 is 6.49 Å². The topological polar surface area (TPSA) is 14.8 Å². The van der Waals surface area contributed by atoms with Crippen LogP contribution in [0.4, 0.5) is 0 Å². The molecule has 0 N–H and O–H groups in total. The first-order valence-corrected chi connectivity index (χ1v) is 4.04. The van der Waals surface area contributed by atoms with Crippen molar-refractivity contribution in [2.24, 2.45) is 0 Å². The van der Waals surface area contributed by atoms with Gasteiger partial charge in [-0.2, -0.15) is 0 Å². The van der Waals surface area contributed by atoms with Crippen LogP contribution in [-0.2, 0) is 11.8 Å². The van der Waals surface area contributed by atoms with E-state index in [1.54, 1.807) is 0 Å². The van der Waals surface area contributed by atoms with Crippen molar-refractivity contribution in [1.82, 2.24) is 13.7 Å². The van der Waals surface area contributed by atoms with Crippen molar-refractivity contribution in [3.05, 3.63) is 0 Å². The van der Waals surface area contributed by atoms with Crippen LogP contribution < -0.4 is 0 Å². The van der Waals surface area contributed by atoms with Crippen molar-refractivity contribution in [1.29, 1.82) is 0 Å². The molecule has 3 aliphatic rings. The minimum Gasteiger partial charge on any atom is -0.103 e. The molecule has 0 unspecified atom stereocenters. The molecule has 0 radical (unpaired) electrons. The Hall–Kier alpha value is 0.0500. The lowest BCUT2D eigenvalue weighted by Gasteiger charge is -1.20. The molecule has 1 aromatic rings. The van der Waals surface area contributed by atoms with Gasteiger partial charge in [0.05, 0.1) is 0 Å². The molecule has 1 aromatic heterocycles. The zero-order valence-corrected chi connectivity index (χ0v) is 3.91. The molecule has 5 heteroatoms. The second-order valence-electron chi connectivity index (χ2n) is 1.32. The first kappa shape index (κ1) is 1.67. The van der Waals surface area contributed by atoms with Crippen molar-refractivity contribution in [2.45, 2.75) is 0 Å². The maximum atomic E-state index is 4.94. The zero-order chi connectivity index (χ0) is 3.23. The molecule has 4 rings (SSSR count). The van der Waals surface area contributed by atoms with Gasteiger partial charge in [-0.25, -0.2) is 0 Å². The molecular weight excluding hydrogens is 105 g/mol. The Morgan fingerprint density at radius 2 is 1.40 bits per heavy atom. The van der Waals surface area contributed by atoms with Gasteiger partial charge in [0.2, 0.25) is 0 Å². The van der Waals surface area contributed by atoms with Crippen LogP contribution in [0, 0.1) is 0 Å². The van der Waals surface area contributed by atoms with Gasteiger partial charge in [0.25, 0.3) is 0 Å². The lowest BCUT2D eigenvalue weighted by Crippen LogP contribution is -1.14. The maximum Gasteiger partial charge on any atom is 0.329 e. The summed E-state index contributed by atoms with van der Waals surface area (Å²) in [6.07, 6.45) is 0. The quantitative estimate of drug-likeness (QED) is 0.364. The number of nitrogens with zero attached hydrogens (tertiary/aromatic N) is 3. The Morgan fingerprint density at radius 3 is 1.40 bits per heavy atom. The molecule has 0 aromatic carbocycles. The largest absolute Gasteiger partial charge is 0.329 e. The zero-order valence-electron chi connectivity index (χ0n) is 2.20. The van der Waals surface area contributed by atoms with E-state index in [9.17, 15) is 0 Å². The average Bonchev–Trinajstić information content (AvgIpc) is 1.63. The summed E-state index contributed by atoms with van der Waals surface area (Å²) < 4.78 is 6.34. The fraction of sp³-hybridized carbons (Fsp3) is 0. The van der Waals surface area contributed by atoms with Gasteiger partial charge < -0.3 is 0 Å². The monoisotopic (exact) mass is 105 g/mol. The second-order valence-corrected chi connectivity index (χ2v) is 4.89. The molecule has 0 spiro atoms. The van der Waals surface area contributed by atoms with Crippen LogP contribution in [0.2, 0.25) is 0 Å². The molecular formula is N3PS. The third-order valence-corrected chi connectivity index (χ3v) is 4.31. The molecule has 26 valence electrons. The summed E-state index contributed by atoms with van der Waals surface area (Å²) in [6, 6.07) is 0. The van der Waals surface area contributed by atoms with Crippen molar-refractivity contribution < 1.29 is 0 Å². The summed E-state index contributed by atoms with van der Waals surface area (Å²) in [5.41, 5.74) is 0. The van der Waals surface area contributed by atoms with Crippen LogP contribution in [0.15, 0.2) is 0 Å². The highest BCUT2D eigenvalue weighted by atomic mass is 32.5. The van der Waals surface area contributed by atoms with Gasteiger partial charge in [0, 0.05) is 0 Å². The van der Waals surface area contributed by atoms with Crippen molar-refractivity contribution in [3.63, 3.8) is 0 Å². The highest BCUT2D eigenvalue weighted by molar-refractivity contribution is 8.20. The van der Waals surface area contributed by atoms with E-state index in [0.717, 1.165) is 0 Å². The summed E-state index contributed by atoms with van der Waals surface area (Å²) >= 11 is 4.94. The van der Waals surface area contributed by atoms with Gasteiger partial charge in [0.1, 0.15) is 0 Å². The Morgan fingerprint density at radius 1 is 1.20 bits per heavy atom. The Kier molecular flexibility index (Phi) is 0.0554. The van der Waals surface area contributed by atoms with Crippen LogP contribution in [0.1, 0.15) is 0 Å². The first-order chi connectivity index (χ1) is 2.37.